The Morgan fingerprint density at radius 1 is 1.25 bits per heavy atom. The molecule has 4 heteroatoms. The second-order valence-electron chi connectivity index (χ2n) is 4.80. The third kappa shape index (κ3) is 4.05. The number of aromatic nitrogens is 1. The molecule has 2 aromatic heterocycles. The zero-order chi connectivity index (χ0) is 14.4. The van der Waals surface area contributed by atoms with Gasteiger partial charge in [0.15, 0.2) is 0 Å². The van der Waals surface area contributed by atoms with Crippen molar-refractivity contribution in [3.63, 3.8) is 0 Å². The number of thiophene rings is 1. The standard InChI is InChI=1S/C16H22N2OS/c1-4-14-15(6-5-13(3)18-14)19-9-8-17-11-16-12(2)7-10-20-16/h5-7,10,17H,4,8-9,11H2,1-3H3. The number of nitrogens with one attached hydrogen (secondary N) is 1. The van der Waals surface area contributed by atoms with Crippen LogP contribution in [0.15, 0.2) is 23.6 Å². The molecular formula is C16H22N2OS. The van der Waals surface area contributed by atoms with Gasteiger partial charge in [-0.15, -0.1) is 11.3 Å². The second-order valence-corrected chi connectivity index (χ2v) is 5.80. The first-order valence-corrected chi connectivity index (χ1v) is 7.91. The van der Waals surface area contributed by atoms with Crippen LogP contribution in [-0.2, 0) is 13.0 Å². The van der Waals surface area contributed by atoms with Crippen LogP contribution in [0.25, 0.3) is 0 Å². The lowest BCUT2D eigenvalue weighted by molar-refractivity contribution is 0.309. The molecule has 0 aliphatic carbocycles. The first-order chi connectivity index (χ1) is 9.70. The molecule has 0 bridgehead atoms. The van der Waals surface area contributed by atoms with E-state index in [0.29, 0.717) is 6.61 Å². The van der Waals surface area contributed by atoms with E-state index in [1.807, 2.05) is 19.1 Å². The SMILES string of the molecule is CCc1nc(C)ccc1OCCNCc1sccc1C. The Bertz CT molecular complexity index is 551. The third-order valence-corrected chi connectivity index (χ3v) is 4.22. The van der Waals surface area contributed by atoms with Crippen LogP contribution in [0.4, 0.5) is 0 Å². The Kier molecular flexibility index (Phi) is 5.56. The molecule has 3 nitrogen and oxygen atoms in total. The molecule has 2 aromatic rings. The number of rotatable bonds is 7. The quantitative estimate of drug-likeness (QED) is 0.793. The number of hydrogen-bond donors (Lipinski definition) is 1. The van der Waals surface area contributed by atoms with Crippen LogP contribution in [0.1, 0.15) is 28.8 Å². The highest BCUT2D eigenvalue weighted by Crippen LogP contribution is 2.17. The van der Waals surface area contributed by atoms with Gasteiger partial charge in [-0.3, -0.25) is 4.98 Å². The van der Waals surface area contributed by atoms with E-state index in [0.717, 1.165) is 36.6 Å². The Morgan fingerprint density at radius 3 is 2.80 bits per heavy atom. The summed E-state index contributed by atoms with van der Waals surface area (Å²) in [7, 11) is 0. The van der Waals surface area contributed by atoms with Gasteiger partial charge in [0.2, 0.25) is 0 Å². The Hall–Kier alpha value is -1.39. The van der Waals surface area contributed by atoms with E-state index < -0.39 is 0 Å². The molecule has 0 saturated heterocycles. The van der Waals surface area contributed by atoms with Crippen LogP contribution >= 0.6 is 11.3 Å². The highest BCUT2D eigenvalue weighted by atomic mass is 32.1. The predicted octanol–water partition coefficient (Wildman–Crippen LogP) is 3.49. The predicted molar refractivity (Wildman–Crippen MR) is 84.6 cm³/mol. The molecule has 0 amide bonds. The summed E-state index contributed by atoms with van der Waals surface area (Å²) < 4.78 is 5.81. The molecule has 2 rings (SSSR count). The number of hydrogen-bond acceptors (Lipinski definition) is 4. The smallest absolute Gasteiger partial charge is 0.140 e. The Balaban J connectivity index is 1.75. The highest BCUT2D eigenvalue weighted by molar-refractivity contribution is 7.10. The normalized spacial score (nSPS) is 10.8. The largest absolute Gasteiger partial charge is 0.490 e. The lowest BCUT2D eigenvalue weighted by Gasteiger charge is -2.11. The van der Waals surface area contributed by atoms with E-state index in [1.54, 1.807) is 11.3 Å². The second kappa shape index (κ2) is 7.41. The van der Waals surface area contributed by atoms with Crippen molar-refractivity contribution in [1.29, 1.82) is 0 Å². The molecule has 0 atom stereocenters. The van der Waals surface area contributed by atoms with Crippen molar-refractivity contribution in [3.8, 4) is 5.75 Å². The zero-order valence-corrected chi connectivity index (χ0v) is 13.2. The summed E-state index contributed by atoms with van der Waals surface area (Å²) in [5.41, 5.74) is 3.44. The van der Waals surface area contributed by atoms with E-state index in [-0.39, 0.29) is 0 Å². The van der Waals surface area contributed by atoms with E-state index in [9.17, 15) is 0 Å². The maximum atomic E-state index is 5.81. The Morgan fingerprint density at radius 2 is 2.10 bits per heavy atom. The summed E-state index contributed by atoms with van der Waals surface area (Å²) in [6.07, 6.45) is 0.902. The van der Waals surface area contributed by atoms with Gasteiger partial charge < -0.3 is 10.1 Å². The molecule has 0 saturated carbocycles. The molecule has 0 radical (unpaired) electrons. The van der Waals surface area contributed by atoms with Gasteiger partial charge >= 0.3 is 0 Å². The van der Waals surface area contributed by atoms with E-state index in [1.165, 1.54) is 10.4 Å². The number of pyridine rings is 1. The first kappa shape index (κ1) is 15.0. The molecule has 0 spiro atoms. The van der Waals surface area contributed by atoms with Crippen LogP contribution in [0, 0.1) is 13.8 Å². The fourth-order valence-corrected chi connectivity index (χ4v) is 2.88. The van der Waals surface area contributed by atoms with Gasteiger partial charge in [0.05, 0.1) is 5.69 Å². The van der Waals surface area contributed by atoms with Crippen LogP contribution in [0.2, 0.25) is 0 Å². The molecule has 0 unspecified atom stereocenters. The zero-order valence-electron chi connectivity index (χ0n) is 12.4. The molecular weight excluding hydrogens is 268 g/mol. The van der Waals surface area contributed by atoms with E-state index in [2.05, 4.69) is 35.6 Å². The van der Waals surface area contributed by atoms with Crippen molar-refractivity contribution in [3.05, 3.63) is 45.4 Å². The minimum atomic E-state index is 0.669. The molecule has 108 valence electrons. The summed E-state index contributed by atoms with van der Waals surface area (Å²) in [6.45, 7) is 8.69. The van der Waals surface area contributed by atoms with Crippen molar-refractivity contribution < 1.29 is 4.74 Å². The topological polar surface area (TPSA) is 34.1 Å². The van der Waals surface area contributed by atoms with Gasteiger partial charge in [-0.2, -0.15) is 0 Å². The average molecular weight is 290 g/mol. The molecule has 1 N–H and O–H groups in total. The summed E-state index contributed by atoms with van der Waals surface area (Å²) in [6, 6.07) is 6.17. The van der Waals surface area contributed by atoms with Gasteiger partial charge in [0.25, 0.3) is 0 Å². The van der Waals surface area contributed by atoms with Gasteiger partial charge in [-0.1, -0.05) is 6.92 Å². The number of ether oxygens (including phenoxy) is 1. The van der Waals surface area contributed by atoms with Gasteiger partial charge in [0, 0.05) is 23.7 Å². The Labute approximate surface area is 125 Å². The molecule has 20 heavy (non-hydrogen) atoms. The lowest BCUT2D eigenvalue weighted by atomic mass is 10.2. The summed E-state index contributed by atoms with van der Waals surface area (Å²) in [5.74, 6) is 0.909. The van der Waals surface area contributed by atoms with Gasteiger partial charge in [0.1, 0.15) is 12.4 Å². The average Bonchev–Trinajstić information content (AvgIpc) is 2.85. The fourth-order valence-electron chi connectivity index (χ4n) is 2.00. The fraction of sp³-hybridized carbons (Fsp3) is 0.438. The molecule has 0 fully saturated rings. The number of aryl methyl sites for hydroxylation is 3. The van der Waals surface area contributed by atoms with Crippen LogP contribution in [0.3, 0.4) is 0 Å². The molecule has 0 aromatic carbocycles. The molecule has 0 aliphatic heterocycles. The van der Waals surface area contributed by atoms with Crippen molar-refractivity contribution >= 4 is 11.3 Å². The monoisotopic (exact) mass is 290 g/mol. The van der Waals surface area contributed by atoms with Crippen LogP contribution in [0.5, 0.6) is 5.75 Å². The maximum absolute atomic E-state index is 5.81. The molecule has 2 heterocycles. The summed E-state index contributed by atoms with van der Waals surface area (Å²) >= 11 is 1.80. The maximum Gasteiger partial charge on any atom is 0.140 e. The van der Waals surface area contributed by atoms with Gasteiger partial charge in [-0.05, 0) is 49.4 Å². The lowest BCUT2D eigenvalue weighted by Crippen LogP contribution is -2.20. The minimum absolute atomic E-state index is 0.669. The van der Waals surface area contributed by atoms with Gasteiger partial charge in [-0.25, -0.2) is 0 Å². The van der Waals surface area contributed by atoms with Crippen molar-refractivity contribution in [2.75, 3.05) is 13.2 Å². The van der Waals surface area contributed by atoms with Crippen molar-refractivity contribution in [2.45, 2.75) is 33.7 Å². The molecule has 0 aliphatic rings. The van der Waals surface area contributed by atoms with Crippen molar-refractivity contribution in [2.24, 2.45) is 0 Å². The minimum Gasteiger partial charge on any atom is -0.490 e. The van der Waals surface area contributed by atoms with E-state index in [4.69, 9.17) is 4.74 Å². The van der Waals surface area contributed by atoms with E-state index >= 15 is 0 Å². The third-order valence-electron chi connectivity index (χ3n) is 3.20. The van der Waals surface area contributed by atoms with Crippen molar-refractivity contribution in [1.82, 2.24) is 10.3 Å². The van der Waals surface area contributed by atoms with Crippen LogP contribution in [-0.4, -0.2) is 18.1 Å². The summed E-state index contributed by atoms with van der Waals surface area (Å²) in [5, 5.41) is 5.55. The summed E-state index contributed by atoms with van der Waals surface area (Å²) in [4.78, 5) is 5.90. The number of nitrogens with zero attached hydrogens (tertiary/aromatic N) is 1. The highest BCUT2D eigenvalue weighted by Gasteiger charge is 2.04. The first-order valence-electron chi connectivity index (χ1n) is 7.03. The van der Waals surface area contributed by atoms with Crippen LogP contribution < -0.4 is 10.1 Å².